The lowest BCUT2D eigenvalue weighted by Gasteiger charge is -2.13. The topological polar surface area (TPSA) is 29.5 Å². The first-order chi connectivity index (χ1) is 22.2. The molecule has 0 bridgehead atoms. The first kappa shape index (κ1) is 41.8. The van der Waals surface area contributed by atoms with Gasteiger partial charge in [-0.25, -0.2) is 0 Å². The van der Waals surface area contributed by atoms with Gasteiger partial charge in [-0.2, -0.15) is 0 Å². The highest BCUT2D eigenvalue weighted by Crippen LogP contribution is 2.31. The van der Waals surface area contributed by atoms with Crippen molar-refractivity contribution >= 4 is 0 Å². The van der Waals surface area contributed by atoms with E-state index in [0.717, 1.165) is 42.6 Å². The van der Waals surface area contributed by atoms with Crippen LogP contribution in [0, 0.1) is 0 Å². The van der Waals surface area contributed by atoms with E-state index < -0.39 is 0 Å². The molecule has 0 unspecified atom stereocenters. The van der Waals surface area contributed by atoms with E-state index in [2.05, 4.69) is 26.0 Å². The molecule has 1 aromatic rings. The zero-order chi connectivity index (χ0) is 32.5. The lowest BCUT2D eigenvalue weighted by Crippen LogP contribution is -1.96. The number of unbranched alkanes of at least 4 members (excludes halogenated alkanes) is 30. The average molecular weight is 629 g/mol. The maximum atomic E-state index is 11.0. The molecule has 264 valence electrons. The summed E-state index contributed by atoms with van der Waals surface area (Å²) in [6.45, 7) is 4.59. The van der Waals surface area contributed by atoms with Gasteiger partial charge in [0.05, 0.1) is 7.11 Å². The Morgan fingerprint density at radius 1 is 0.378 bits per heavy atom. The lowest BCUT2D eigenvalue weighted by molar-refractivity contribution is 0.408. The molecule has 0 spiro atoms. The van der Waals surface area contributed by atoms with Crippen molar-refractivity contribution in [3.8, 4) is 11.5 Å². The Balaban J connectivity index is 2.04. The standard InChI is InChI=1S/C43H80O2/c1-4-6-8-10-12-14-16-18-20-22-24-26-28-30-32-34-36-40-38-42(45-3)39-41(43(40)44)37-35-33-31-29-27-25-23-21-19-17-15-13-11-9-7-5-2/h38-39,44H,4-37H2,1-3H3. The molecule has 1 rings (SSSR count). The Kier molecular flexibility index (Phi) is 30.5. The summed E-state index contributed by atoms with van der Waals surface area (Å²) in [4.78, 5) is 0. The van der Waals surface area contributed by atoms with Gasteiger partial charge in [0.1, 0.15) is 11.5 Å². The fraction of sp³-hybridized carbons (Fsp3) is 0.860. The maximum Gasteiger partial charge on any atom is 0.122 e. The minimum Gasteiger partial charge on any atom is -0.507 e. The van der Waals surface area contributed by atoms with Gasteiger partial charge >= 0.3 is 0 Å². The van der Waals surface area contributed by atoms with E-state index in [0.29, 0.717) is 5.75 Å². The van der Waals surface area contributed by atoms with E-state index in [9.17, 15) is 5.11 Å². The summed E-state index contributed by atoms with van der Waals surface area (Å²) < 4.78 is 5.61. The first-order valence-electron chi connectivity index (χ1n) is 20.6. The van der Waals surface area contributed by atoms with Gasteiger partial charge in [0.15, 0.2) is 0 Å². The zero-order valence-corrected chi connectivity index (χ0v) is 31.1. The quantitative estimate of drug-likeness (QED) is 0.0758. The molecule has 45 heavy (non-hydrogen) atoms. The molecule has 0 saturated heterocycles. The molecule has 1 N–H and O–H groups in total. The molecule has 2 heteroatoms. The molecule has 0 aliphatic carbocycles. The smallest absolute Gasteiger partial charge is 0.122 e. The highest BCUT2D eigenvalue weighted by Gasteiger charge is 2.11. The van der Waals surface area contributed by atoms with E-state index in [-0.39, 0.29) is 0 Å². The van der Waals surface area contributed by atoms with Crippen LogP contribution in [0.3, 0.4) is 0 Å². The molecule has 0 atom stereocenters. The van der Waals surface area contributed by atoms with Crippen LogP contribution in [0.4, 0.5) is 0 Å². The van der Waals surface area contributed by atoms with E-state index in [1.165, 1.54) is 193 Å². The predicted octanol–water partition coefficient (Wildman–Crippen LogP) is 15.0. The number of aryl methyl sites for hydroxylation is 2. The second kappa shape index (κ2) is 32.7. The Labute approximate surface area is 283 Å². The van der Waals surface area contributed by atoms with Gasteiger partial charge in [-0.3, -0.25) is 0 Å². The molecule has 0 aromatic heterocycles. The van der Waals surface area contributed by atoms with Crippen LogP contribution >= 0.6 is 0 Å². The third-order valence-corrected chi connectivity index (χ3v) is 10.1. The summed E-state index contributed by atoms with van der Waals surface area (Å²) >= 11 is 0. The van der Waals surface area contributed by atoms with Crippen molar-refractivity contribution in [2.75, 3.05) is 7.11 Å². The van der Waals surface area contributed by atoms with Gasteiger partial charge in [-0.1, -0.05) is 206 Å². The largest absolute Gasteiger partial charge is 0.507 e. The Morgan fingerprint density at radius 3 is 0.822 bits per heavy atom. The van der Waals surface area contributed by atoms with Crippen molar-refractivity contribution in [1.29, 1.82) is 0 Å². The van der Waals surface area contributed by atoms with Crippen molar-refractivity contribution in [2.45, 2.75) is 232 Å². The normalized spacial score (nSPS) is 11.4. The van der Waals surface area contributed by atoms with E-state index in [4.69, 9.17) is 4.74 Å². The number of hydrogen-bond acceptors (Lipinski definition) is 2. The Bertz CT molecular complexity index is 684. The predicted molar refractivity (Wildman–Crippen MR) is 201 cm³/mol. The number of rotatable bonds is 35. The number of hydrogen-bond donors (Lipinski definition) is 1. The summed E-state index contributed by atoms with van der Waals surface area (Å²) in [5, 5.41) is 11.0. The van der Waals surface area contributed by atoms with Gasteiger partial charge in [0.2, 0.25) is 0 Å². The molecule has 2 nitrogen and oxygen atoms in total. The Hall–Kier alpha value is -1.18. The maximum absolute atomic E-state index is 11.0. The van der Waals surface area contributed by atoms with Gasteiger partial charge in [0.25, 0.3) is 0 Å². The summed E-state index contributed by atoms with van der Waals surface area (Å²) in [5.41, 5.74) is 2.18. The van der Waals surface area contributed by atoms with E-state index >= 15 is 0 Å². The molecular weight excluding hydrogens is 548 g/mol. The molecule has 0 saturated carbocycles. The number of phenols is 1. The number of methoxy groups -OCH3 is 1. The molecule has 0 fully saturated rings. The van der Waals surface area contributed by atoms with Crippen molar-refractivity contribution < 1.29 is 9.84 Å². The molecule has 0 amide bonds. The lowest BCUT2D eigenvalue weighted by atomic mass is 9.97. The first-order valence-corrected chi connectivity index (χ1v) is 20.6. The zero-order valence-electron chi connectivity index (χ0n) is 31.1. The molecule has 0 aliphatic rings. The van der Waals surface area contributed by atoms with Crippen LogP contribution in [-0.4, -0.2) is 12.2 Å². The van der Waals surface area contributed by atoms with Crippen molar-refractivity contribution in [2.24, 2.45) is 0 Å². The summed E-state index contributed by atoms with van der Waals surface area (Å²) in [6, 6.07) is 4.13. The summed E-state index contributed by atoms with van der Waals surface area (Å²) in [5.74, 6) is 1.45. The fourth-order valence-corrected chi connectivity index (χ4v) is 6.95. The number of benzene rings is 1. The molecule has 0 radical (unpaired) electrons. The van der Waals surface area contributed by atoms with Gasteiger partial charge in [0, 0.05) is 0 Å². The summed E-state index contributed by atoms with van der Waals surface area (Å²) in [6.07, 6.45) is 46.5. The van der Waals surface area contributed by atoms with Crippen LogP contribution in [0.25, 0.3) is 0 Å². The van der Waals surface area contributed by atoms with Crippen LogP contribution in [-0.2, 0) is 12.8 Å². The van der Waals surface area contributed by atoms with E-state index in [1.54, 1.807) is 7.11 Å². The third-order valence-electron chi connectivity index (χ3n) is 10.1. The minimum absolute atomic E-state index is 0.540. The van der Waals surface area contributed by atoms with Crippen LogP contribution < -0.4 is 4.74 Å². The number of aromatic hydroxyl groups is 1. The summed E-state index contributed by atoms with van der Waals surface area (Å²) in [7, 11) is 1.75. The average Bonchev–Trinajstić information content (AvgIpc) is 3.05. The number of ether oxygens (including phenoxy) is 1. The molecule has 0 heterocycles. The van der Waals surface area contributed by atoms with Crippen molar-refractivity contribution in [1.82, 2.24) is 0 Å². The van der Waals surface area contributed by atoms with Gasteiger partial charge in [-0.15, -0.1) is 0 Å². The molecule has 0 aliphatic heterocycles. The molecular formula is C43H80O2. The van der Waals surface area contributed by atoms with Crippen LogP contribution in [0.5, 0.6) is 11.5 Å². The monoisotopic (exact) mass is 629 g/mol. The van der Waals surface area contributed by atoms with Crippen molar-refractivity contribution in [3.63, 3.8) is 0 Å². The second-order valence-corrected chi connectivity index (χ2v) is 14.4. The third kappa shape index (κ3) is 25.6. The number of phenolic OH excluding ortho intramolecular Hbond substituents is 1. The van der Waals surface area contributed by atoms with Crippen LogP contribution in [0.1, 0.15) is 230 Å². The fourth-order valence-electron chi connectivity index (χ4n) is 6.95. The SMILES string of the molecule is CCCCCCCCCCCCCCCCCCc1cc(OC)cc(CCCCCCCCCCCCCCCCCC)c1O. The van der Waals surface area contributed by atoms with Gasteiger partial charge < -0.3 is 9.84 Å². The van der Waals surface area contributed by atoms with Crippen LogP contribution in [0.15, 0.2) is 12.1 Å². The molecule has 1 aromatic carbocycles. The van der Waals surface area contributed by atoms with Crippen molar-refractivity contribution in [3.05, 3.63) is 23.3 Å². The highest BCUT2D eigenvalue weighted by atomic mass is 16.5. The minimum atomic E-state index is 0.540. The Morgan fingerprint density at radius 2 is 0.600 bits per heavy atom. The highest BCUT2D eigenvalue weighted by molar-refractivity contribution is 5.46. The van der Waals surface area contributed by atoms with Gasteiger partial charge in [-0.05, 0) is 48.9 Å². The van der Waals surface area contributed by atoms with E-state index in [1.807, 2.05) is 0 Å². The van der Waals surface area contributed by atoms with Crippen LogP contribution in [0.2, 0.25) is 0 Å². The second-order valence-electron chi connectivity index (χ2n) is 14.4.